The molecule has 1 aromatic carbocycles. The topological polar surface area (TPSA) is 76.1 Å². The number of hydrogen-bond donors (Lipinski definition) is 2. The Morgan fingerprint density at radius 3 is 2.68 bits per heavy atom. The van der Waals surface area contributed by atoms with Crippen LogP contribution in [0, 0.1) is 0 Å². The van der Waals surface area contributed by atoms with Gasteiger partial charge in [0.25, 0.3) is 0 Å². The average Bonchev–Trinajstić information content (AvgIpc) is 2.46. The second-order valence-electron chi connectivity index (χ2n) is 3.69. The molecule has 0 saturated carbocycles. The van der Waals surface area contributed by atoms with E-state index in [0.29, 0.717) is 6.54 Å². The molecule has 2 rings (SSSR count). The van der Waals surface area contributed by atoms with Crippen molar-refractivity contribution in [1.82, 2.24) is 15.3 Å². The van der Waals surface area contributed by atoms with E-state index in [4.69, 9.17) is 4.74 Å². The van der Waals surface area contributed by atoms with Crippen molar-refractivity contribution in [1.29, 1.82) is 0 Å². The molecule has 0 atom stereocenters. The number of urea groups is 1. The van der Waals surface area contributed by atoms with E-state index in [0.717, 1.165) is 11.3 Å². The van der Waals surface area contributed by atoms with Gasteiger partial charge in [0, 0.05) is 24.5 Å². The number of aromatic nitrogens is 2. The molecule has 98 valence electrons. The summed E-state index contributed by atoms with van der Waals surface area (Å²) in [5.41, 5.74) is 0.897. The second-order valence-corrected chi connectivity index (χ2v) is 3.69. The summed E-state index contributed by atoms with van der Waals surface area (Å²) in [6, 6.07) is 8.81. The predicted octanol–water partition coefficient (Wildman–Crippen LogP) is 1.81. The number of anilines is 1. The van der Waals surface area contributed by atoms with Gasteiger partial charge in [-0.3, -0.25) is 5.32 Å². The average molecular weight is 258 g/mol. The van der Waals surface area contributed by atoms with Crippen molar-refractivity contribution >= 4 is 12.0 Å². The van der Waals surface area contributed by atoms with E-state index in [1.54, 1.807) is 25.6 Å². The summed E-state index contributed by atoms with van der Waals surface area (Å²) in [5.74, 6) is 0.999. The van der Waals surface area contributed by atoms with Crippen molar-refractivity contribution in [3.8, 4) is 5.75 Å². The molecule has 0 aliphatic rings. The molecular weight excluding hydrogens is 244 g/mol. The number of hydrogen-bond acceptors (Lipinski definition) is 4. The van der Waals surface area contributed by atoms with Crippen molar-refractivity contribution < 1.29 is 9.53 Å². The van der Waals surface area contributed by atoms with Gasteiger partial charge in [0.1, 0.15) is 5.75 Å². The molecule has 0 bridgehead atoms. The number of rotatable bonds is 4. The zero-order chi connectivity index (χ0) is 13.5. The largest absolute Gasteiger partial charge is 0.496 e. The van der Waals surface area contributed by atoms with Gasteiger partial charge in [-0.25, -0.2) is 14.8 Å². The number of methoxy groups -OCH3 is 1. The lowest BCUT2D eigenvalue weighted by atomic mass is 10.2. The second kappa shape index (κ2) is 6.34. The molecule has 0 aliphatic carbocycles. The number of nitrogens with one attached hydrogen (secondary N) is 2. The highest BCUT2D eigenvalue weighted by Gasteiger charge is 2.05. The third-order valence-electron chi connectivity index (χ3n) is 2.42. The first kappa shape index (κ1) is 12.8. The maximum Gasteiger partial charge on any atom is 0.321 e. The van der Waals surface area contributed by atoms with Gasteiger partial charge in [-0.2, -0.15) is 0 Å². The van der Waals surface area contributed by atoms with E-state index in [9.17, 15) is 4.79 Å². The summed E-state index contributed by atoms with van der Waals surface area (Å²) in [6.07, 6.45) is 3.12. The van der Waals surface area contributed by atoms with E-state index in [-0.39, 0.29) is 12.0 Å². The van der Waals surface area contributed by atoms with Crippen molar-refractivity contribution in [3.05, 3.63) is 48.3 Å². The van der Waals surface area contributed by atoms with Crippen molar-refractivity contribution in [3.63, 3.8) is 0 Å². The van der Waals surface area contributed by atoms with Crippen LogP contribution >= 0.6 is 0 Å². The van der Waals surface area contributed by atoms with Crippen LogP contribution < -0.4 is 15.4 Å². The lowest BCUT2D eigenvalue weighted by Crippen LogP contribution is -2.29. The number of amides is 2. The number of ether oxygens (including phenoxy) is 1. The van der Waals surface area contributed by atoms with Crippen LogP contribution in [0.3, 0.4) is 0 Å². The fourth-order valence-electron chi connectivity index (χ4n) is 1.53. The molecule has 1 aromatic heterocycles. The Bertz CT molecular complexity index is 545. The zero-order valence-electron chi connectivity index (χ0n) is 10.5. The van der Waals surface area contributed by atoms with Crippen molar-refractivity contribution in [2.24, 2.45) is 0 Å². The SMILES string of the molecule is COc1ccccc1CNC(=O)Nc1ncccn1. The third-order valence-corrected chi connectivity index (χ3v) is 2.42. The smallest absolute Gasteiger partial charge is 0.321 e. The number of nitrogens with zero attached hydrogens (tertiary/aromatic N) is 2. The molecule has 0 aliphatic heterocycles. The molecule has 2 aromatic rings. The molecule has 6 nitrogen and oxygen atoms in total. The maximum atomic E-state index is 11.6. The Labute approximate surface area is 110 Å². The first-order valence-corrected chi connectivity index (χ1v) is 5.73. The minimum absolute atomic E-state index is 0.264. The molecule has 0 unspecified atom stereocenters. The van der Waals surface area contributed by atoms with Gasteiger partial charge in [-0.05, 0) is 12.1 Å². The standard InChI is InChI=1S/C13H14N4O2/c1-19-11-6-3-2-5-10(11)9-16-13(18)17-12-14-7-4-8-15-12/h2-8H,9H2,1H3,(H2,14,15,16,17,18). The molecule has 0 radical (unpaired) electrons. The number of carbonyl (C=O) groups excluding carboxylic acids is 1. The Morgan fingerprint density at radius 1 is 1.21 bits per heavy atom. The first-order chi connectivity index (χ1) is 9.29. The quantitative estimate of drug-likeness (QED) is 0.876. The van der Waals surface area contributed by atoms with Crippen LogP contribution in [0.1, 0.15) is 5.56 Å². The molecule has 0 spiro atoms. The van der Waals surface area contributed by atoms with Crippen molar-refractivity contribution in [2.45, 2.75) is 6.54 Å². The van der Waals surface area contributed by atoms with E-state index >= 15 is 0 Å². The highest BCUT2D eigenvalue weighted by atomic mass is 16.5. The van der Waals surface area contributed by atoms with E-state index in [1.165, 1.54) is 0 Å². The monoisotopic (exact) mass is 258 g/mol. The van der Waals surface area contributed by atoms with Gasteiger partial charge in [0.05, 0.1) is 7.11 Å². The molecule has 0 saturated heterocycles. The molecule has 0 fully saturated rings. The predicted molar refractivity (Wildman–Crippen MR) is 70.9 cm³/mol. The molecule has 1 heterocycles. The Kier molecular flexibility index (Phi) is 4.28. The first-order valence-electron chi connectivity index (χ1n) is 5.73. The summed E-state index contributed by atoms with van der Waals surface area (Å²) in [5, 5.41) is 5.25. The summed E-state index contributed by atoms with van der Waals surface area (Å²) < 4.78 is 5.20. The highest BCUT2D eigenvalue weighted by molar-refractivity contribution is 5.87. The van der Waals surface area contributed by atoms with Crippen LogP contribution in [0.4, 0.5) is 10.7 Å². The van der Waals surface area contributed by atoms with E-state index in [2.05, 4.69) is 20.6 Å². The molecule has 2 amide bonds. The zero-order valence-corrected chi connectivity index (χ0v) is 10.5. The van der Waals surface area contributed by atoms with Crippen LogP contribution in [-0.2, 0) is 6.54 Å². The van der Waals surface area contributed by atoms with Gasteiger partial charge in [-0.15, -0.1) is 0 Å². The highest BCUT2D eigenvalue weighted by Crippen LogP contribution is 2.16. The third kappa shape index (κ3) is 3.67. The van der Waals surface area contributed by atoms with Gasteiger partial charge in [0.2, 0.25) is 5.95 Å². The van der Waals surface area contributed by atoms with Crippen LogP contribution in [-0.4, -0.2) is 23.1 Å². The fraction of sp³-hybridized carbons (Fsp3) is 0.154. The van der Waals surface area contributed by atoms with E-state index < -0.39 is 0 Å². The van der Waals surface area contributed by atoms with Gasteiger partial charge < -0.3 is 10.1 Å². The fourth-order valence-corrected chi connectivity index (χ4v) is 1.53. The number of benzene rings is 1. The molecule has 19 heavy (non-hydrogen) atoms. The molecule has 6 heteroatoms. The molecule has 2 N–H and O–H groups in total. The van der Waals surface area contributed by atoms with E-state index in [1.807, 2.05) is 24.3 Å². The van der Waals surface area contributed by atoms with Crippen LogP contribution in [0.25, 0.3) is 0 Å². The Balaban J connectivity index is 1.90. The summed E-state index contributed by atoms with van der Waals surface area (Å²) in [7, 11) is 1.59. The normalized spacial score (nSPS) is 9.74. The molecular formula is C13H14N4O2. The Hall–Kier alpha value is -2.63. The maximum absolute atomic E-state index is 11.6. The van der Waals surface area contributed by atoms with Crippen LogP contribution in [0.2, 0.25) is 0 Å². The number of para-hydroxylation sites is 1. The number of carbonyl (C=O) groups is 1. The van der Waals surface area contributed by atoms with Gasteiger partial charge >= 0.3 is 6.03 Å². The lowest BCUT2D eigenvalue weighted by molar-refractivity contribution is 0.251. The summed E-state index contributed by atoms with van der Waals surface area (Å²) >= 11 is 0. The van der Waals surface area contributed by atoms with Gasteiger partial charge in [0.15, 0.2) is 0 Å². The van der Waals surface area contributed by atoms with Crippen LogP contribution in [0.5, 0.6) is 5.75 Å². The van der Waals surface area contributed by atoms with Crippen molar-refractivity contribution in [2.75, 3.05) is 12.4 Å². The van der Waals surface area contributed by atoms with Gasteiger partial charge in [-0.1, -0.05) is 18.2 Å². The lowest BCUT2D eigenvalue weighted by Gasteiger charge is -2.09. The minimum atomic E-state index is -0.364. The Morgan fingerprint density at radius 2 is 1.95 bits per heavy atom. The summed E-state index contributed by atoms with van der Waals surface area (Å²) in [4.78, 5) is 19.4. The van der Waals surface area contributed by atoms with Crippen LogP contribution in [0.15, 0.2) is 42.7 Å². The summed E-state index contributed by atoms with van der Waals surface area (Å²) in [6.45, 7) is 0.364. The minimum Gasteiger partial charge on any atom is -0.496 e.